The third kappa shape index (κ3) is 8.73. The minimum atomic E-state index is -1.56. The smallest absolute Gasteiger partial charge is 0.147 e. The summed E-state index contributed by atoms with van der Waals surface area (Å²) in [7, 11) is -3.11. The van der Waals surface area contributed by atoms with E-state index in [-0.39, 0.29) is 0 Å². The summed E-state index contributed by atoms with van der Waals surface area (Å²) in [6.45, 7) is 36.4. The highest BCUT2D eigenvalue weighted by Crippen LogP contribution is 2.39. The number of para-hydroxylation sites is 2. The zero-order valence-electron chi connectivity index (χ0n) is 28.2. The van der Waals surface area contributed by atoms with Crippen molar-refractivity contribution in [2.24, 2.45) is 0 Å². The topological polar surface area (TPSA) is 6.48 Å². The van der Waals surface area contributed by atoms with E-state index in [1.807, 2.05) is 0 Å². The molecule has 0 aromatic heterocycles. The van der Waals surface area contributed by atoms with Gasteiger partial charge in [-0.15, -0.1) is 0 Å². The molecule has 220 valence electrons. The molecule has 0 aliphatic rings. The Kier molecular flexibility index (Phi) is 12.0. The molecule has 39 heavy (non-hydrogen) atoms. The van der Waals surface area contributed by atoms with Gasteiger partial charge in [0, 0.05) is 24.5 Å². The van der Waals surface area contributed by atoms with Crippen molar-refractivity contribution in [3.8, 4) is 0 Å². The summed E-state index contributed by atoms with van der Waals surface area (Å²) in [5, 5.41) is 0. The highest BCUT2D eigenvalue weighted by Gasteiger charge is 2.30. The van der Waals surface area contributed by atoms with E-state index in [9.17, 15) is 0 Å². The second kappa shape index (κ2) is 13.9. The van der Waals surface area contributed by atoms with Gasteiger partial charge in [0.2, 0.25) is 0 Å². The number of unbranched alkanes of at least 4 members (excludes halogenated alkanes) is 2. The third-order valence-electron chi connectivity index (χ3n) is 8.11. The highest BCUT2D eigenvalue weighted by molar-refractivity contribution is 6.80. The van der Waals surface area contributed by atoms with Crippen LogP contribution in [0, 0.1) is 0 Å². The molecule has 0 aliphatic carbocycles. The molecule has 0 fully saturated rings. The molecule has 2 rings (SSSR count). The molecule has 0 aliphatic heterocycles. The molecule has 0 spiro atoms. The molecule has 0 heterocycles. The quantitative estimate of drug-likeness (QED) is 0.166. The summed E-state index contributed by atoms with van der Waals surface area (Å²) in [6.07, 6.45) is 3.80. The molecule has 2 nitrogen and oxygen atoms in total. The largest absolute Gasteiger partial charge is 0.398 e. The van der Waals surface area contributed by atoms with Gasteiger partial charge in [-0.1, -0.05) is 137 Å². The van der Waals surface area contributed by atoms with E-state index in [0.29, 0.717) is 23.7 Å². The summed E-state index contributed by atoms with van der Waals surface area (Å²) in [5.41, 5.74) is 9.22. The molecule has 2 aromatic rings. The first kappa shape index (κ1) is 33.7. The van der Waals surface area contributed by atoms with Crippen molar-refractivity contribution in [3.05, 3.63) is 58.7 Å². The van der Waals surface area contributed by atoms with Crippen LogP contribution in [-0.2, 0) is 0 Å². The van der Waals surface area contributed by atoms with Crippen LogP contribution in [0.25, 0.3) is 0 Å². The zero-order valence-corrected chi connectivity index (χ0v) is 30.2. The molecule has 0 atom stereocenters. The van der Waals surface area contributed by atoms with Gasteiger partial charge in [0.15, 0.2) is 0 Å². The Labute approximate surface area is 245 Å². The van der Waals surface area contributed by atoms with Gasteiger partial charge in [0.1, 0.15) is 16.5 Å². The lowest BCUT2D eigenvalue weighted by atomic mass is 9.92. The Morgan fingerprint density at radius 1 is 0.462 bits per heavy atom. The molecule has 4 heteroatoms. The maximum Gasteiger partial charge on any atom is 0.147 e. The van der Waals surface area contributed by atoms with Crippen molar-refractivity contribution in [2.75, 3.05) is 22.2 Å². The number of nitrogens with zero attached hydrogens (tertiary/aromatic N) is 2. The van der Waals surface area contributed by atoms with Gasteiger partial charge in [-0.05, 0) is 58.8 Å². The van der Waals surface area contributed by atoms with Gasteiger partial charge < -0.3 is 9.13 Å². The minimum Gasteiger partial charge on any atom is -0.398 e. The fraction of sp³-hybridized carbons (Fsp3) is 0.657. The Balaban J connectivity index is 2.28. The van der Waals surface area contributed by atoms with Gasteiger partial charge in [-0.2, -0.15) is 0 Å². The van der Waals surface area contributed by atoms with Crippen LogP contribution >= 0.6 is 0 Å². The van der Waals surface area contributed by atoms with Gasteiger partial charge in [0.05, 0.1) is 0 Å². The van der Waals surface area contributed by atoms with Crippen LogP contribution in [0.5, 0.6) is 0 Å². The lowest BCUT2D eigenvalue weighted by Crippen LogP contribution is -2.48. The van der Waals surface area contributed by atoms with Crippen LogP contribution < -0.4 is 9.13 Å². The van der Waals surface area contributed by atoms with E-state index in [0.717, 1.165) is 0 Å². The van der Waals surface area contributed by atoms with E-state index in [4.69, 9.17) is 0 Å². The molecule has 0 radical (unpaired) electrons. The second-order valence-corrected chi connectivity index (χ2v) is 24.7. The fourth-order valence-corrected chi connectivity index (χ4v) is 9.44. The van der Waals surface area contributed by atoms with Gasteiger partial charge in [-0.3, -0.25) is 0 Å². The molecule has 0 saturated carbocycles. The Hall–Kier alpha value is -1.53. The first-order valence-electron chi connectivity index (χ1n) is 15.8. The standard InChI is InChI=1S/C35H62N2Si2/c1-26(2)30-20-18-21-31(27(3)4)34(30)36(38(9,10)11)24-16-15-17-25-37(39(12,13)14)35-32(28(5)6)22-19-23-33(35)29(7)8/h18-23,26-29H,15-17,24-25H2,1-14H3. The maximum absolute atomic E-state index is 2.86. The fourth-order valence-electron chi connectivity index (χ4n) is 5.93. The van der Waals surface area contributed by atoms with Crippen LogP contribution in [0.15, 0.2) is 36.4 Å². The number of rotatable bonds is 14. The van der Waals surface area contributed by atoms with E-state index in [1.165, 1.54) is 54.6 Å². The summed E-state index contributed by atoms with van der Waals surface area (Å²) < 4.78 is 5.72. The monoisotopic (exact) mass is 566 g/mol. The number of benzene rings is 2. The van der Waals surface area contributed by atoms with Crippen molar-refractivity contribution in [2.45, 2.75) is 138 Å². The van der Waals surface area contributed by atoms with Crippen LogP contribution in [0.1, 0.15) is 121 Å². The number of hydrogen-bond acceptors (Lipinski definition) is 2. The summed E-state index contributed by atoms with van der Waals surface area (Å²) in [6, 6.07) is 14.1. The Morgan fingerprint density at radius 3 is 0.923 bits per heavy atom. The van der Waals surface area contributed by atoms with Crippen molar-refractivity contribution < 1.29 is 0 Å². The Morgan fingerprint density at radius 2 is 0.718 bits per heavy atom. The third-order valence-corrected chi connectivity index (χ3v) is 12.2. The van der Waals surface area contributed by atoms with Crippen LogP contribution in [-0.4, -0.2) is 29.6 Å². The number of anilines is 2. The molecule has 0 unspecified atom stereocenters. The van der Waals surface area contributed by atoms with Crippen LogP contribution in [0.4, 0.5) is 11.4 Å². The van der Waals surface area contributed by atoms with Gasteiger partial charge >= 0.3 is 0 Å². The molecule has 0 bridgehead atoms. The molecule has 0 saturated heterocycles. The van der Waals surface area contributed by atoms with Crippen LogP contribution in [0.2, 0.25) is 39.3 Å². The zero-order chi connectivity index (χ0) is 29.7. The summed E-state index contributed by atoms with van der Waals surface area (Å²) in [4.78, 5) is 0. The minimum absolute atomic E-state index is 0.541. The molecular weight excluding hydrogens is 505 g/mol. The average Bonchev–Trinajstić information content (AvgIpc) is 2.81. The highest BCUT2D eigenvalue weighted by atomic mass is 28.3. The van der Waals surface area contributed by atoms with Gasteiger partial charge in [0.25, 0.3) is 0 Å². The SMILES string of the molecule is CC(C)c1cccc(C(C)C)c1N(CCCCCN(c1c(C(C)C)cccc1C(C)C)[Si](C)(C)C)[Si](C)(C)C. The average molecular weight is 567 g/mol. The molecule has 2 aromatic carbocycles. The normalized spacial score (nSPS) is 12.8. The first-order chi connectivity index (χ1) is 18.0. The van der Waals surface area contributed by atoms with Crippen molar-refractivity contribution in [1.29, 1.82) is 0 Å². The van der Waals surface area contributed by atoms with Crippen LogP contribution in [0.3, 0.4) is 0 Å². The van der Waals surface area contributed by atoms with Crippen molar-refractivity contribution >= 4 is 27.8 Å². The first-order valence-corrected chi connectivity index (χ1v) is 22.7. The van der Waals surface area contributed by atoms with E-state index >= 15 is 0 Å². The maximum atomic E-state index is 2.86. The lowest BCUT2D eigenvalue weighted by molar-refractivity contribution is 0.681. The number of hydrogen-bond donors (Lipinski definition) is 0. The predicted molar refractivity (Wildman–Crippen MR) is 184 cm³/mol. The summed E-state index contributed by atoms with van der Waals surface area (Å²) in [5.74, 6) is 2.16. The second-order valence-electron chi connectivity index (χ2n) is 14.9. The van der Waals surface area contributed by atoms with E-state index in [2.05, 4.69) is 140 Å². The van der Waals surface area contributed by atoms with E-state index < -0.39 is 16.5 Å². The van der Waals surface area contributed by atoms with Crippen molar-refractivity contribution in [1.82, 2.24) is 0 Å². The van der Waals surface area contributed by atoms with Crippen molar-refractivity contribution in [3.63, 3.8) is 0 Å². The predicted octanol–water partition coefficient (Wildman–Crippen LogP) is 11.3. The molecule has 0 amide bonds. The van der Waals surface area contributed by atoms with E-state index in [1.54, 1.807) is 11.4 Å². The lowest BCUT2D eigenvalue weighted by Gasteiger charge is -2.41. The molecule has 0 N–H and O–H groups in total. The Bertz CT molecular complexity index is 906. The van der Waals surface area contributed by atoms with Gasteiger partial charge in [-0.25, -0.2) is 0 Å². The molecular formula is C35H62N2Si2. The summed E-state index contributed by atoms with van der Waals surface area (Å²) >= 11 is 0.